The van der Waals surface area contributed by atoms with Crippen LogP contribution in [0.1, 0.15) is 12.5 Å². The molecule has 0 bridgehead atoms. The predicted molar refractivity (Wildman–Crippen MR) is 57.1 cm³/mol. The Balaban J connectivity index is 2.58. The molecular formula is C11H14N2O2. The number of hydrogen-bond donors (Lipinski definition) is 1. The zero-order valence-electron chi connectivity index (χ0n) is 8.63. The molecule has 1 heterocycles. The van der Waals surface area contributed by atoms with E-state index in [-0.39, 0.29) is 0 Å². The molecule has 0 spiro atoms. The first-order valence-corrected chi connectivity index (χ1v) is 4.76. The third kappa shape index (κ3) is 4.26. The standard InChI is InChI=1S/C11H14N2O2/c1-2-13(8-5-11(14)15)9-10-3-6-12-7-4-10/h3-8H,2,9H2,1H3,(H,14,15). The molecular weight excluding hydrogens is 192 g/mol. The minimum atomic E-state index is -0.928. The van der Waals surface area contributed by atoms with Gasteiger partial charge >= 0.3 is 5.97 Å². The molecule has 0 aliphatic rings. The molecule has 0 aromatic carbocycles. The molecule has 1 aromatic rings. The van der Waals surface area contributed by atoms with Gasteiger partial charge in [-0.1, -0.05) is 0 Å². The van der Waals surface area contributed by atoms with Crippen molar-refractivity contribution >= 4 is 5.97 Å². The molecule has 4 heteroatoms. The number of pyridine rings is 1. The van der Waals surface area contributed by atoms with Crippen LogP contribution in [0.3, 0.4) is 0 Å². The van der Waals surface area contributed by atoms with E-state index in [2.05, 4.69) is 4.98 Å². The van der Waals surface area contributed by atoms with Crippen molar-refractivity contribution in [1.82, 2.24) is 9.88 Å². The van der Waals surface area contributed by atoms with Gasteiger partial charge in [-0.3, -0.25) is 4.98 Å². The van der Waals surface area contributed by atoms with Crippen LogP contribution in [0.25, 0.3) is 0 Å². The van der Waals surface area contributed by atoms with Crippen molar-refractivity contribution in [3.63, 3.8) is 0 Å². The largest absolute Gasteiger partial charge is 0.478 e. The smallest absolute Gasteiger partial charge is 0.329 e. The Morgan fingerprint density at radius 1 is 1.53 bits per heavy atom. The molecule has 1 N–H and O–H groups in total. The summed E-state index contributed by atoms with van der Waals surface area (Å²) in [5.41, 5.74) is 1.11. The highest BCUT2D eigenvalue weighted by Gasteiger charge is 1.98. The number of aromatic nitrogens is 1. The summed E-state index contributed by atoms with van der Waals surface area (Å²) < 4.78 is 0. The Hall–Kier alpha value is -1.84. The van der Waals surface area contributed by atoms with E-state index >= 15 is 0 Å². The summed E-state index contributed by atoms with van der Waals surface area (Å²) in [6.07, 6.45) is 6.18. The number of nitrogens with zero attached hydrogens (tertiary/aromatic N) is 2. The maximum absolute atomic E-state index is 10.3. The number of carboxylic acid groups (broad SMARTS) is 1. The average molecular weight is 206 g/mol. The van der Waals surface area contributed by atoms with Gasteiger partial charge in [0.2, 0.25) is 0 Å². The molecule has 0 radical (unpaired) electrons. The van der Waals surface area contributed by atoms with Gasteiger partial charge in [-0.2, -0.15) is 0 Å². The molecule has 0 unspecified atom stereocenters. The Morgan fingerprint density at radius 2 is 2.20 bits per heavy atom. The summed E-state index contributed by atoms with van der Waals surface area (Å²) in [5.74, 6) is -0.928. The lowest BCUT2D eigenvalue weighted by Gasteiger charge is -2.17. The Kier molecular flexibility index (Phi) is 4.34. The van der Waals surface area contributed by atoms with Gasteiger partial charge in [-0.25, -0.2) is 4.79 Å². The number of carbonyl (C=O) groups is 1. The van der Waals surface area contributed by atoms with Gasteiger partial charge in [0.05, 0.1) is 0 Å². The quantitative estimate of drug-likeness (QED) is 0.742. The van der Waals surface area contributed by atoms with E-state index in [0.29, 0.717) is 6.54 Å². The van der Waals surface area contributed by atoms with Crippen molar-refractivity contribution in [1.29, 1.82) is 0 Å². The molecule has 15 heavy (non-hydrogen) atoms. The summed E-state index contributed by atoms with van der Waals surface area (Å²) in [7, 11) is 0. The highest BCUT2D eigenvalue weighted by Crippen LogP contribution is 2.03. The van der Waals surface area contributed by atoms with Gasteiger partial charge in [0.25, 0.3) is 0 Å². The lowest BCUT2D eigenvalue weighted by atomic mass is 10.2. The zero-order valence-corrected chi connectivity index (χ0v) is 8.63. The molecule has 0 amide bonds. The minimum Gasteiger partial charge on any atom is -0.478 e. The van der Waals surface area contributed by atoms with E-state index in [0.717, 1.165) is 18.2 Å². The minimum absolute atomic E-state index is 0.697. The van der Waals surface area contributed by atoms with Crippen LogP contribution in [-0.2, 0) is 11.3 Å². The molecule has 0 saturated heterocycles. The van der Waals surface area contributed by atoms with Crippen LogP contribution in [0.2, 0.25) is 0 Å². The first-order chi connectivity index (χ1) is 7.22. The Morgan fingerprint density at radius 3 is 2.73 bits per heavy atom. The third-order valence-corrected chi connectivity index (χ3v) is 1.97. The zero-order chi connectivity index (χ0) is 11.1. The van der Waals surface area contributed by atoms with Gasteiger partial charge in [0.15, 0.2) is 0 Å². The second-order valence-electron chi connectivity index (χ2n) is 3.07. The maximum atomic E-state index is 10.3. The lowest BCUT2D eigenvalue weighted by molar-refractivity contribution is -0.131. The summed E-state index contributed by atoms with van der Waals surface area (Å²) >= 11 is 0. The van der Waals surface area contributed by atoms with Crippen LogP contribution in [0.5, 0.6) is 0 Å². The molecule has 0 atom stereocenters. The predicted octanol–water partition coefficient (Wildman–Crippen LogP) is 1.50. The Bertz CT molecular complexity index is 336. The fourth-order valence-electron chi connectivity index (χ4n) is 1.16. The first-order valence-electron chi connectivity index (χ1n) is 4.76. The molecule has 80 valence electrons. The van der Waals surface area contributed by atoms with Crippen molar-refractivity contribution in [2.75, 3.05) is 6.54 Å². The van der Waals surface area contributed by atoms with Crippen molar-refractivity contribution in [2.45, 2.75) is 13.5 Å². The SMILES string of the molecule is CCN(C=CC(=O)O)Cc1ccncc1. The molecule has 1 rings (SSSR count). The Labute approximate surface area is 88.9 Å². The molecule has 0 aliphatic carbocycles. The fourth-order valence-corrected chi connectivity index (χ4v) is 1.16. The van der Waals surface area contributed by atoms with Gasteiger partial charge in [-0.15, -0.1) is 0 Å². The normalized spacial score (nSPS) is 10.5. The second kappa shape index (κ2) is 5.80. The van der Waals surface area contributed by atoms with Crippen LogP contribution in [-0.4, -0.2) is 27.5 Å². The van der Waals surface area contributed by atoms with Crippen molar-refractivity contribution in [3.8, 4) is 0 Å². The first kappa shape index (κ1) is 11.2. The molecule has 0 aliphatic heterocycles. The van der Waals surface area contributed by atoms with Crippen LogP contribution >= 0.6 is 0 Å². The molecule has 4 nitrogen and oxygen atoms in total. The van der Waals surface area contributed by atoms with E-state index in [9.17, 15) is 4.79 Å². The van der Waals surface area contributed by atoms with Crippen LogP contribution < -0.4 is 0 Å². The molecule has 0 fully saturated rings. The topological polar surface area (TPSA) is 53.4 Å². The van der Waals surface area contributed by atoms with Crippen LogP contribution in [0, 0.1) is 0 Å². The second-order valence-corrected chi connectivity index (χ2v) is 3.07. The third-order valence-electron chi connectivity index (χ3n) is 1.97. The number of rotatable bonds is 5. The van der Waals surface area contributed by atoms with Gasteiger partial charge < -0.3 is 10.0 Å². The average Bonchev–Trinajstić information content (AvgIpc) is 2.25. The van der Waals surface area contributed by atoms with Crippen LogP contribution in [0.4, 0.5) is 0 Å². The summed E-state index contributed by atoms with van der Waals surface area (Å²) in [5, 5.41) is 8.50. The lowest BCUT2D eigenvalue weighted by Crippen LogP contribution is -2.16. The maximum Gasteiger partial charge on any atom is 0.329 e. The van der Waals surface area contributed by atoms with E-state index < -0.39 is 5.97 Å². The number of carboxylic acids is 1. The fraction of sp³-hybridized carbons (Fsp3) is 0.273. The van der Waals surface area contributed by atoms with E-state index in [1.807, 2.05) is 24.0 Å². The summed E-state index contributed by atoms with van der Waals surface area (Å²) in [6, 6.07) is 3.83. The summed E-state index contributed by atoms with van der Waals surface area (Å²) in [6.45, 7) is 3.45. The summed E-state index contributed by atoms with van der Waals surface area (Å²) in [4.78, 5) is 16.2. The monoisotopic (exact) mass is 206 g/mol. The highest BCUT2D eigenvalue weighted by molar-refractivity contribution is 5.79. The number of aliphatic carboxylic acids is 1. The van der Waals surface area contributed by atoms with Crippen molar-refractivity contribution in [2.24, 2.45) is 0 Å². The van der Waals surface area contributed by atoms with Crippen LogP contribution in [0.15, 0.2) is 36.8 Å². The number of hydrogen-bond acceptors (Lipinski definition) is 3. The van der Waals surface area contributed by atoms with Crippen molar-refractivity contribution < 1.29 is 9.90 Å². The van der Waals surface area contributed by atoms with Gasteiger partial charge in [0, 0.05) is 37.8 Å². The van der Waals surface area contributed by atoms with E-state index in [4.69, 9.17) is 5.11 Å². The van der Waals surface area contributed by atoms with E-state index in [1.165, 1.54) is 0 Å². The molecule has 0 saturated carbocycles. The highest BCUT2D eigenvalue weighted by atomic mass is 16.4. The van der Waals surface area contributed by atoms with Crippen molar-refractivity contribution in [3.05, 3.63) is 42.4 Å². The van der Waals surface area contributed by atoms with Gasteiger partial charge in [-0.05, 0) is 24.6 Å². The van der Waals surface area contributed by atoms with Gasteiger partial charge in [0.1, 0.15) is 0 Å². The molecule has 1 aromatic heterocycles. The van der Waals surface area contributed by atoms with E-state index in [1.54, 1.807) is 18.6 Å².